The number of methoxy groups -OCH3 is 2. The maximum Gasteiger partial charge on any atom is 0.160 e. The van der Waals surface area contributed by atoms with Crippen molar-refractivity contribution >= 4 is 0 Å². The minimum Gasteiger partial charge on any atom is -0.493 e. The second-order valence-electron chi connectivity index (χ2n) is 5.35. The molecule has 1 saturated heterocycles. The van der Waals surface area contributed by atoms with Gasteiger partial charge in [-0.25, -0.2) is 0 Å². The quantitative estimate of drug-likeness (QED) is 0.828. The molecule has 1 fully saturated rings. The lowest BCUT2D eigenvalue weighted by Gasteiger charge is -2.38. The smallest absolute Gasteiger partial charge is 0.160 e. The van der Waals surface area contributed by atoms with Gasteiger partial charge in [-0.05, 0) is 24.6 Å². The Morgan fingerprint density at radius 2 is 1.90 bits per heavy atom. The van der Waals surface area contributed by atoms with Crippen LogP contribution in [0.5, 0.6) is 11.5 Å². The van der Waals surface area contributed by atoms with Crippen LogP contribution in [0.15, 0.2) is 18.2 Å². The van der Waals surface area contributed by atoms with Gasteiger partial charge in [0.05, 0.1) is 33.5 Å². The van der Waals surface area contributed by atoms with E-state index < -0.39 is 5.54 Å². The molecule has 5 heteroatoms. The van der Waals surface area contributed by atoms with Crippen LogP contribution in [0, 0.1) is 11.3 Å². The topological polar surface area (TPSA) is 54.7 Å². The summed E-state index contributed by atoms with van der Waals surface area (Å²) in [5.74, 6) is 1.39. The van der Waals surface area contributed by atoms with E-state index in [1.54, 1.807) is 14.2 Å². The minimum absolute atomic E-state index is 0.538. The Labute approximate surface area is 126 Å². The monoisotopic (exact) mass is 290 g/mol. The van der Waals surface area contributed by atoms with Crippen molar-refractivity contribution in [1.29, 1.82) is 5.26 Å². The van der Waals surface area contributed by atoms with E-state index in [0.29, 0.717) is 31.1 Å². The standard InChI is InChI=1S/C16H22N2O3/c1-16(12-17,18-6-8-21-9-7-18)11-13-4-5-14(19-2)15(10-13)20-3/h4-5,10H,6-9,11H2,1-3H3. The molecule has 1 aliphatic heterocycles. The number of rotatable bonds is 5. The molecule has 5 nitrogen and oxygen atoms in total. The fraction of sp³-hybridized carbons (Fsp3) is 0.562. The first-order valence-corrected chi connectivity index (χ1v) is 7.08. The summed E-state index contributed by atoms with van der Waals surface area (Å²) in [4.78, 5) is 2.19. The normalized spacial score (nSPS) is 18.6. The maximum absolute atomic E-state index is 9.64. The first-order valence-electron chi connectivity index (χ1n) is 7.08. The SMILES string of the molecule is COc1ccc(CC(C)(C#N)N2CCOCC2)cc1OC. The van der Waals surface area contributed by atoms with Crippen LogP contribution in [-0.2, 0) is 11.2 Å². The molecule has 1 aliphatic rings. The highest BCUT2D eigenvalue weighted by atomic mass is 16.5. The lowest BCUT2D eigenvalue weighted by molar-refractivity contribution is 0.00188. The van der Waals surface area contributed by atoms with Gasteiger partial charge in [0.15, 0.2) is 11.5 Å². The average molecular weight is 290 g/mol. The summed E-state index contributed by atoms with van der Waals surface area (Å²) in [7, 11) is 3.23. The average Bonchev–Trinajstić information content (AvgIpc) is 2.55. The van der Waals surface area contributed by atoms with Crippen molar-refractivity contribution in [3.63, 3.8) is 0 Å². The van der Waals surface area contributed by atoms with Gasteiger partial charge in [-0.15, -0.1) is 0 Å². The summed E-state index contributed by atoms with van der Waals surface area (Å²) in [5, 5.41) is 9.64. The number of ether oxygens (including phenoxy) is 3. The van der Waals surface area contributed by atoms with Crippen LogP contribution in [0.25, 0.3) is 0 Å². The molecule has 0 radical (unpaired) electrons. The van der Waals surface area contributed by atoms with E-state index in [0.717, 1.165) is 18.7 Å². The molecular weight excluding hydrogens is 268 g/mol. The van der Waals surface area contributed by atoms with Gasteiger partial charge in [-0.2, -0.15) is 5.26 Å². The van der Waals surface area contributed by atoms with Gasteiger partial charge in [0.1, 0.15) is 5.54 Å². The molecule has 2 rings (SSSR count). The summed E-state index contributed by atoms with van der Waals surface area (Å²) in [6.45, 7) is 4.93. The van der Waals surface area contributed by atoms with E-state index in [1.807, 2.05) is 25.1 Å². The summed E-state index contributed by atoms with van der Waals surface area (Å²) in [6.07, 6.45) is 0.643. The van der Waals surface area contributed by atoms with Crippen molar-refractivity contribution in [2.45, 2.75) is 18.9 Å². The van der Waals surface area contributed by atoms with E-state index in [9.17, 15) is 5.26 Å². The number of nitriles is 1. The van der Waals surface area contributed by atoms with E-state index in [4.69, 9.17) is 14.2 Å². The highest BCUT2D eigenvalue weighted by molar-refractivity contribution is 5.43. The molecule has 0 spiro atoms. The molecule has 0 N–H and O–H groups in total. The van der Waals surface area contributed by atoms with Crippen molar-refractivity contribution in [1.82, 2.24) is 4.90 Å². The molecule has 1 aromatic rings. The third-order valence-corrected chi connectivity index (χ3v) is 3.95. The van der Waals surface area contributed by atoms with Gasteiger partial charge in [-0.1, -0.05) is 6.07 Å². The molecule has 1 atom stereocenters. The third kappa shape index (κ3) is 3.46. The first-order chi connectivity index (χ1) is 10.1. The highest BCUT2D eigenvalue weighted by Gasteiger charge is 2.33. The van der Waals surface area contributed by atoms with Crippen molar-refractivity contribution < 1.29 is 14.2 Å². The minimum atomic E-state index is -0.538. The van der Waals surface area contributed by atoms with Crippen molar-refractivity contribution in [2.24, 2.45) is 0 Å². The fourth-order valence-corrected chi connectivity index (χ4v) is 2.67. The van der Waals surface area contributed by atoms with Gasteiger partial charge in [0, 0.05) is 19.5 Å². The molecule has 1 unspecified atom stereocenters. The molecule has 1 aromatic carbocycles. The van der Waals surface area contributed by atoms with Gasteiger partial charge in [0.2, 0.25) is 0 Å². The van der Waals surface area contributed by atoms with E-state index in [2.05, 4.69) is 11.0 Å². The molecule has 21 heavy (non-hydrogen) atoms. The van der Waals surface area contributed by atoms with Crippen molar-refractivity contribution in [3.8, 4) is 17.6 Å². The summed E-state index contributed by atoms with van der Waals surface area (Å²) in [5.41, 5.74) is 0.520. The maximum atomic E-state index is 9.64. The van der Waals surface area contributed by atoms with Crippen LogP contribution in [0.2, 0.25) is 0 Å². The molecule has 0 saturated carbocycles. The summed E-state index contributed by atoms with van der Waals surface area (Å²) < 4.78 is 15.9. The van der Waals surface area contributed by atoms with Crippen molar-refractivity contribution in [3.05, 3.63) is 23.8 Å². The number of nitrogens with zero attached hydrogens (tertiary/aromatic N) is 2. The number of morpholine rings is 1. The third-order valence-electron chi connectivity index (χ3n) is 3.95. The Hall–Kier alpha value is -1.77. The Bertz CT molecular complexity index is 521. The fourth-order valence-electron chi connectivity index (χ4n) is 2.67. The lowest BCUT2D eigenvalue weighted by Crippen LogP contribution is -2.52. The zero-order chi connectivity index (χ0) is 15.3. The van der Waals surface area contributed by atoms with E-state index in [-0.39, 0.29) is 0 Å². The number of hydrogen-bond acceptors (Lipinski definition) is 5. The van der Waals surface area contributed by atoms with E-state index >= 15 is 0 Å². The van der Waals surface area contributed by atoms with E-state index in [1.165, 1.54) is 0 Å². The second-order valence-corrected chi connectivity index (χ2v) is 5.35. The molecule has 0 bridgehead atoms. The largest absolute Gasteiger partial charge is 0.493 e. The predicted octanol–water partition coefficient (Wildman–Crippen LogP) is 1.86. The zero-order valence-corrected chi connectivity index (χ0v) is 12.9. The lowest BCUT2D eigenvalue weighted by atomic mass is 9.91. The van der Waals surface area contributed by atoms with Gasteiger partial charge in [0.25, 0.3) is 0 Å². The van der Waals surface area contributed by atoms with Crippen LogP contribution >= 0.6 is 0 Å². The molecule has 1 heterocycles. The van der Waals surface area contributed by atoms with Crippen LogP contribution in [0.4, 0.5) is 0 Å². The van der Waals surface area contributed by atoms with Crippen LogP contribution in [0.1, 0.15) is 12.5 Å². The second kappa shape index (κ2) is 6.79. The van der Waals surface area contributed by atoms with Gasteiger partial charge in [-0.3, -0.25) is 4.90 Å². The Morgan fingerprint density at radius 1 is 1.24 bits per heavy atom. The predicted molar refractivity (Wildman–Crippen MR) is 79.7 cm³/mol. The summed E-state index contributed by atoms with van der Waals surface area (Å²) >= 11 is 0. The van der Waals surface area contributed by atoms with Gasteiger partial charge >= 0.3 is 0 Å². The van der Waals surface area contributed by atoms with Crippen molar-refractivity contribution in [2.75, 3.05) is 40.5 Å². The molecular formula is C16H22N2O3. The number of hydrogen-bond donors (Lipinski definition) is 0. The highest BCUT2D eigenvalue weighted by Crippen LogP contribution is 2.30. The van der Waals surface area contributed by atoms with Gasteiger partial charge < -0.3 is 14.2 Å². The Kier molecular flexibility index (Phi) is 5.05. The number of benzene rings is 1. The van der Waals surface area contributed by atoms with Crippen LogP contribution in [-0.4, -0.2) is 51.0 Å². The molecule has 114 valence electrons. The Morgan fingerprint density at radius 3 is 2.48 bits per heavy atom. The first kappa shape index (κ1) is 15.6. The van der Waals surface area contributed by atoms with Crippen LogP contribution in [0.3, 0.4) is 0 Å². The molecule has 0 aliphatic carbocycles. The Balaban J connectivity index is 2.19. The molecule has 0 aromatic heterocycles. The zero-order valence-electron chi connectivity index (χ0n) is 12.9. The molecule has 0 amide bonds. The van der Waals surface area contributed by atoms with Crippen LogP contribution < -0.4 is 9.47 Å². The summed E-state index contributed by atoms with van der Waals surface area (Å²) in [6, 6.07) is 8.26.